The first-order valence-electron chi connectivity index (χ1n) is 5.77. The lowest BCUT2D eigenvalue weighted by atomic mass is 9.88. The van der Waals surface area contributed by atoms with Crippen molar-refractivity contribution >= 4 is 5.97 Å². The molecule has 0 aliphatic heterocycles. The summed E-state index contributed by atoms with van der Waals surface area (Å²) >= 11 is 0. The van der Waals surface area contributed by atoms with Crippen molar-refractivity contribution in [1.82, 2.24) is 0 Å². The first kappa shape index (κ1) is 12.5. The maximum Gasteiger partial charge on any atom is 0.311 e. The molecule has 1 aliphatic carbocycles. The van der Waals surface area contributed by atoms with Gasteiger partial charge in [0.1, 0.15) is 0 Å². The standard InChI is InChI=1S/C12H22O3/c1-9-5-4-6-10(7-9)15-8-12(2,3)11(13)14/h9-10H,4-8H2,1-3H3,(H,13,14). The van der Waals surface area contributed by atoms with Crippen LogP contribution in [0.5, 0.6) is 0 Å². The minimum atomic E-state index is -0.786. The molecule has 0 aromatic carbocycles. The highest BCUT2D eigenvalue weighted by molar-refractivity contribution is 5.73. The molecule has 0 aromatic heterocycles. The number of hydrogen-bond donors (Lipinski definition) is 1. The quantitative estimate of drug-likeness (QED) is 0.782. The van der Waals surface area contributed by atoms with Crippen LogP contribution in [0.3, 0.4) is 0 Å². The van der Waals surface area contributed by atoms with Crippen LogP contribution in [0.2, 0.25) is 0 Å². The largest absolute Gasteiger partial charge is 0.481 e. The van der Waals surface area contributed by atoms with Gasteiger partial charge in [0.05, 0.1) is 18.1 Å². The summed E-state index contributed by atoms with van der Waals surface area (Å²) in [6.45, 7) is 5.97. The molecule has 1 fully saturated rings. The lowest BCUT2D eigenvalue weighted by Crippen LogP contribution is -2.33. The van der Waals surface area contributed by atoms with E-state index in [1.54, 1.807) is 13.8 Å². The predicted molar refractivity (Wildman–Crippen MR) is 58.8 cm³/mol. The van der Waals surface area contributed by atoms with Crippen LogP contribution in [0, 0.1) is 11.3 Å². The van der Waals surface area contributed by atoms with Gasteiger partial charge in [-0.2, -0.15) is 0 Å². The van der Waals surface area contributed by atoms with Gasteiger partial charge in [-0.1, -0.05) is 19.8 Å². The van der Waals surface area contributed by atoms with E-state index in [1.165, 1.54) is 12.8 Å². The fourth-order valence-electron chi connectivity index (χ4n) is 1.92. The molecule has 0 radical (unpaired) electrons. The van der Waals surface area contributed by atoms with Gasteiger partial charge in [-0.3, -0.25) is 4.79 Å². The number of hydrogen-bond acceptors (Lipinski definition) is 2. The molecule has 0 saturated heterocycles. The lowest BCUT2D eigenvalue weighted by Gasteiger charge is -2.29. The molecule has 0 spiro atoms. The molecular weight excluding hydrogens is 192 g/mol. The molecule has 3 heteroatoms. The molecule has 3 nitrogen and oxygen atoms in total. The van der Waals surface area contributed by atoms with E-state index < -0.39 is 11.4 Å². The molecule has 88 valence electrons. The van der Waals surface area contributed by atoms with Crippen LogP contribution in [-0.2, 0) is 9.53 Å². The van der Waals surface area contributed by atoms with Crippen LogP contribution >= 0.6 is 0 Å². The number of carboxylic acids is 1. The maximum atomic E-state index is 10.9. The molecule has 2 unspecified atom stereocenters. The average molecular weight is 214 g/mol. The van der Waals surface area contributed by atoms with Gasteiger partial charge in [-0.05, 0) is 32.6 Å². The molecule has 1 saturated carbocycles. The third-order valence-corrected chi connectivity index (χ3v) is 3.15. The Kier molecular flexibility index (Phi) is 4.14. The second kappa shape index (κ2) is 4.97. The second-order valence-corrected chi connectivity index (χ2v) is 5.39. The molecule has 1 rings (SSSR count). The normalized spacial score (nSPS) is 27.7. The van der Waals surface area contributed by atoms with E-state index in [2.05, 4.69) is 6.92 Å². The van der Waals surface area contributed by atoms with Crippen molar-refractivity contribution in [3.8, 4) is 0 Å². The highest BCUT2D eigenvalue weighted by Gasteiger charge is 2.29. The van der Waals surface area contributed by atoms with Crippen LogP contribution in [-0.4, -0.2) is 23.8 Å². The van der Waals surface area contributed by atoms with Crippen molar-refractivity contribution in [2.24, 2.45) is 11.3 Å². The van der Waals surface area contributed by atoms with E-state index in [9.17, 15) is 4.79 Å². The van der Waals surface area contributed by atoms with Gasteiger partial charge in [-0.15, -0.1) is 0 Å². The average Bonchev–Trinajstić information content (AvgIpc) is 2.15. The predicted octanol–water partition coefficient (Wildman–Crippen LogP) is 2.69. The molecule has 1 aliphatic rings. The second-order valence-electron chi connectivity index (χ2n) is 5.39. The summed E-state index contributed by atoms with van der Waals surface area (Å²) in [5.74, 6) is -0.0666. The summed E-state index contributed by atoms with van der Waals surface area (Å²) in [5.41, 5.74) is -0.763. The first-order valence-corrected chi connectivity index (χ1v) is 5.77. The van der Waals surface area contributed by atoms with Gasteiger partial charge in [0.25, 0.3) is 0 Å². The number of aliphatic carboxylic acids is 1. The highest BCUT2D eigenvalue weighted by atomic mass is 16.5. The number of carbonyl (C=O) groups is 1. The zero-order valence-corrected chi connectivity index (χ0v) is 9.95. The summed E-state index contributed by atoms with van der Waals surface area (Å²) in [6.07, 6.45) is 4.92. The number of rotatable bonds is 4. The van der Waals surface area contributed by atoms with Crippen molar-refractivity contribution in [2.45, 2.75) is 52.6 Å². The highest BCUT2D eigenvalue weighted by Crippen LogP contribution is 2.27. The van der Waals surface area contributed by atoms with E-state index in [4.69, 9.17) is 9.84 Å². The van der Waals surface area contributed by atoms with E-state index in [-0.39, 0.29) is 6.10 Å². The van der Waals surface area contributed by atoms with Crippen molar-refractivity contribution in [2.75, 3.05) is 6.61 Å². The zero-order valence-electron chi connectivity index (χ0n) is 9.95. The van der Waals surface area contributed by atoms with Crippen LogP contribution in [0.1, 0.15) is 46.5 Å². The topological polar surface area (TPSA) is 46.5 Å². The minimum absolute atomic E-state index is 0.271. The fourth-order valence-corrected chi connectivity index (χ4v) is 1.92. The van der Waals surface area contributed by atoms with Gasteiger partial charge < -0.3 is 9.84 Å². The first-order chi connectivity index (χ1) is 6.92. The minimum Gasteiger partial charge on any atom is -0.481 e. The molecule has 0 heterocycles. The Hall–Kier alpha value is -0.570. The third kappa shape index (κ3) is 3.82. The van der Waals surface area contributed by atoms with Gasteiger partial charge in [-0.25, -0.2) is 0 Å². The molecular formula is C12H22O3. The molecule has 0 aromatic rings. The van der Waals surface area contributed by atoms with E-state index in [0.717, 1.165) is 18.8 Å². The third-order valence-electron chi connectivity index (χ3n) is 3.15. The van der Waals surface area contributed by atoms with E-state index in [1.807, 2.05) is 0 Å². The molecule has 0 amide bonds. The van der Waals surface area contributed by atoms with Crippen LogP contribution in [0.4, 0.5) is 0 Å². The zero-order chi connectivity index (χ0) is 11.5. The lowest BCUT2D eigenvalue weighted by molar-refractivity contribution is -0.152. The molecule has 15 heavy (non-hydrogen) atoms. The molecule has 0 bridgehead atoms. The Bertz CT molecular complexity index is 223. The Morgan fingerprint density at radius 3 is 2.67 bits per heavy atom. The Morgan fingerprint density at radius 1 is 1.47 bits per heavy atom. The van der Waals surface area contributed by atoms with E-state index >= 15 is 0 Å². The van der Waals surface area contributed by atoms with Crippen molar-refractivity contribution in [3.05, 3.63) is 0 Å². The Balaban J connectivity index is 2.33. The summed E-state index contributed by atoms with van der Waals surface area (Å²) < 4.78 is 5.70. The Labute approximate surface area is 91.8 Å². The summed E-state index contributed by atoms with van der Waals surface area (Å²) in [5, 5.41) is 8.94. The van der Waals surface area contributed by atoms with Crippen molar-refractivity contribution in [1.29, 1.82) is 0 Å². The van der Waals surface area contributed by atoms with Gasteiger partial charge in [0, 0.05) is 0 Å². The number of ether oxygens (including phenoxy) is 1. The van der Waals surface area contributed by atoms with Crippen LogP contribution in [0.25, 0.3) is 0 Å². The van der Waals surface area contributed by atoms with Crippen LogP contribution in [0.15, 0.2) is 0 Å². The maximum absolute atomic E-state index is 10.9. The van der Waals surface area contributed by atoms with Crippen LogP contribution < -0.4 is 0 Å². The summed E-state index contributed by atoms with van der Waals surface area (Å²) in [4.78, 5) is 10.9. The monoisotopic (exact) mass is 214 g/mol. The van der Waals surface area contributed by atoms with Gasteiger partial charge in [0.2, 0.25) is 0 Å². The van der Waals surface area contributed by atoms with Crippen molar-refractivity contribution in [3.63, 3.8) is 0 Å². The smallest absolute Gasteiger partial charge is 0.311 e. The molecule has 2 atom stereocenters. The van der Waals surface area contributed by atoms with Gasteiger partial charge >= 0.3 is 5.97 Å². The van der Waals surface area contributed by atoms with Crippen molar-refractivity contribution < 1.29 is 14.6 Å². The fraction of sp³-hybridized carbons (Fsp3) is 0.917. The van der Waals surface area contributed by atoms with E-state index in [0.29, 0.717) is 6.61 Å². The van der Waals surface area contributed by atoms with Gasteiger partial charge in [0.15, 0.2) is 0 Å². The molecule has 1 N–H and O–H groups in total. The Morgan fingerprint density at radius 2 is 2.13 bits per heavy atom. The number of carboxylic acid groups (broad SMARTS) is 1. The summed E-state index contributed by atoms with van der Waals surface area (Å²) in [7, 11) is 0. The summed E-state index contributed by atoms with van der Waals surface area (Å²) in [6, 6.07) is 0. The SMILES string of the molecule is CC1CCCC(OCC(C)(C)C(=O)O)C1.